The third kappa shape index (κ3) is 3.72. The summed E-state index contributed by atoms with van der Waals surface area (Å²) in [4.78, 5) is 12.2. The number of esters is 1. The van der Waals surface area contributed by atoms with Gasteiger partial charge in [0, 0.05) is 0 Å². The van der Waals surface area contributed by atoms with Gasteiger partial charge >= 0.3 is 5.97 Å². The maximum absolute atomic E-state index is 12.8. The number of nitrogens with zero attached hydrogens (tertiary/aromatic N) is 4. The summed E-state index contributed by atoms with van der Waals surface area (Å²) in [7, 11) is 0. The first-order chi connectivity index (χ1) is 11.7. The molecule has 0 bridgehead atoms. The molecule has 24 heavy (non-hydrogen) atoms. The number of ether oxygens (including phenoxy) is 2. The summed E-state index contributed by atoms with van der Waals surface area (Å²) in [6.45, 7) is 0.213. The van der Waals surface area contributed by atoms with Crippen LogP contribution in [0.15, 0.2) is 54.9 Å². The minimum absolute atomic E-state index is 0.0557. The Balaban J connectivity index is 1.57. The van der Waals surface area contributed by atoms with Gasteiger partial charge in [-0.3, -0.25) is 0 Å². The van der Waals surface area contributed by atoms with E-state index in [1.54, 1.807) is 24.3 Å². The van der Waals surface area contributed by atoms with Gasteiger partial charge in [-0.1, -0.05) is 12.1 Å². The van der Waals surface area contributed by atoms with Gasteiger partial charge in [0.05, 0.1) is 11.3 Å². The first-order valence-corrected chi connectivity index (χ1v) is 7.12. The summed E-state index contributed by atoms with van der Waals surface area (Å²) in [5, 5.41) is 10.9. The number of para-hydroxylation sites is 1. The van der Waals surface area contributed by atoms with Crippen molar-refractivity contribution in [3.8, 4) is 11.4 Å². The second-order valence-electron chi connectivity index (χ2n) is 4.71. The van der Waals surface area contributed by atoms with Crippen LogP contribution >= 0.6 is 0 Å². The van der Waals surface area contributed by atoms with Crippen LogP contribution < -0.4 is 4.74 Å². The maximum Gasteiger partial charge on any atom is 0.340 e. The van der Waals surface area contributed by atoms with E-state index >= 15 is 0 Å². The van der Waals surface area contributed by atoms with Gasteiger partial charge in [0.15, 0.2) is 0 Å². The molecule has 3 rings (SSSR count). The Bertz CT molecular complexity index is 806. The number of hydrogen-bond acceptors (Lipinski definition) is 6. The fourth-order valence-corrected chi connectivity index (χ4v) is 2.02. The lowest BCUT2D eigenvalue weighted by atomic mass is 10.2. The predicted molar refractivity (Wildman–Crippen MR) is 81.3 cm³/mol. The van der Waals surface area contributed by atoms with Crippen molar-refractivity contribution in [2.24, 2.45) is 0 Å². The fraction of sp³-hybridized carbons (Fsp3) is 0.125. The van der Waals surface area contributed by atoms with Crippen LogP contribution in [-0.2, 0) is 4.74 Å². The predicted octanol–water partition coefficient (Wildman–Crippen LogP) is 2.04. The average Bonchev–Trinajstić information content (AvgIpc) is 3.14. The number of aromatic nitrogens is 4. The Morgan fingerprint density at radius 2 is 1.88 bits per heavy atom. The number of carbonyl (C=O) groups is 1. The Labute approximate surface area is 136 Å². The molecule has 7 nitrogen and oxygen atoms in total. The van der Waals surface area contributed by atoms with Gasteiger partial charge in [0.1, 0.15) is 31.1 Å². The lowest BCUT2D eigenvalue weighted by molar-refractivity contribution is 0.0450. The van der Waals surface area contributed by atoms with Crippen molar-refractivity contribution in [2.75, 3.05) is 13.2 Å². The molecule has 2 aromatic carbocycles. The van der Waals surface area contributed by atoms with Crippen LogP contribution in [0, 0.1) is 5.82 Å². The number of benzene rings is 2. The molecule has 122 valence electrons. The van der Waals surface area contributed by atoms with Crippen molar-refractivity contribution in [3.63, 3.8) is 0 Å². The van der Waals surface area contributed by atoms with Crippen molar-refractivity contribution in [3.05, 3.63) is 66.2 Å². The molecule has 3 aromatic rings. The van der Waals surface area contributed by atoms with Gasteiger partial charge in [-0.2, -0.15) is 4.68 Å². The third-order valence-corrected chi connectivity index (χ3v) is 3.12. The smallest absolute Gasteiger partial charge is 0.340 e. The van der Waals surface area contributed by atoms with Crippen LogP contribution in [0.25, 0.3) is 5.69 Å². The minimum Gasteiger partial charge on any atom is -0.490 e. The summed E-state index contributed by atoms with van der Waals surface area (Å²) in [5.74, 6) is -0.349. The highest BCUT2D eigenvalue weighted by atomic mass is 19.1. The molecule has 0 saturated carbocycles. The van der Waals surface area contributed by atoms with Crippen LogP contribution in [0.2, 0.25) is 0 Å². The molecule has 0 saturated heterocycles. The normalized spacial score (nSPS) is 10.4. The monoisotopic (exact) mass is 328 g/mol. The number of halogens is 1. The first kappa shape index (κ1) is 15.6. The van der Waals surface area contributed by atoms with Crippen LogP contribution in [0.5, 0.6) is 5.75 Å². The summed E-state index contributed by atoms with van der Waals surface area (Å²) < 4.78 is 24.7. The Morgan fingerprint density at radius 3 is 2.62 bits per heavy atom. The molecule has 0 atom stereocenters. The van der Waals surface area contributed by atoms with Gasteiger partial charge in [0.2, 0.25) is 0 Å². The molecular formula is C16H13FN4O3. The van der Waals surface area contributed by atoms with Gasteiger partial charge in [-0.05, 0) is 46.8 Å². The standard InChI is InChI=1S/C16H13FN4O3/c17-12-5-7-13(8-6-12)23-9-10-24-16(22)14-3-1-2-4-15(14)21-11-18-19-20-21/h1-8,11H,9-10H2. The molecule has 0 amide bonds. The maximum atomic E-state index is 12.8. The third-order valence-electron chi connectivity index (χ3n) is 3.12. The molecule has 0 radical (unpaired) electrons. The van der Waals surface area contributed by atoms with Gasteiger partial charge in [-0.15, -0.1) is 5.10 Å². The molecule has 0 N–H and O–H groups in total. The lowest BCUT2D eigenvalue weighted by Gasteiger charge is -2.09. The van der Waals surface area contributed by atoms with Gasteiger partial charge < -0.3 is 9.47 Å². The van der Waals surface area contributed by atoms with E-state index in [1.807, 2.05) is 0 Å². The molecular weight excluding hydrogens is 315 g/mol. The molecule has 0 unspecified atom stereocenters. The molecule has 0 aliphatic carbocycles. The van der Waals surface area contributed by atoms with E-state index in [4.69, 9.17) is 9.47 Å². The summed E-state index contributed by atoms with van der Waals surface area (Å²) in [6, 6.07) is 12.4. The van der Waals surface area contributed by atoms with Crippen molar-refractivity contribution >= 4 is 5.97 Å². The molecule has 1 heterocycles. The topological polar surface area (TPSA) is 79.1 Å². The first-order valence-electron chi connectivity index (χ1n) is 7.12. The molecule has 8 heteroatoms. The van der Waals surface area contributed by atoms with E-state index in [9.17, 15) is 9.18 Å². The van der Waals surface area contributed by atoms with Crippen LogP contribution in [0.4, 0.5) is 4.39 Å². The number of hydrogen-bond donors (Lipinski definition) is 0. The summed E-state index contributed by atoms with van der Waals surface area (Å²) in [5.41, 5.74) is 0.860. The Morgan fingerprint density at radius 1 is 1.08 bits per heavy atom. The average molecular weight is 328 g/mol. The second-order valence-corrected chi connectivity index (χ2v) is 4.71. The van der Waals surface area contributed by atoms with Gasteiger partial charge in [0.25, 0.3) is 0 Å². The summed E-state index contributed by atoms with van der Waals surface area (Å²) >= 11 is 0. The highest BCUT2D eigenvalue weighted by Gasteiger charge is 2.14. The van der Waals surface area contributed by atoms with Crippen molar-refractivity contribution in [2.45, 2.75) is 0 Å². The lowest BCUT2D eigenvalue weighted by Crippen LogP contribution is -2.14. The zero-order chi connectivity index (χ0) is 16.8. The van der Waals surface area contributed by atoms with E-state index in [1.165, 1.54) is 35.3 Å². The molecule has 0 fully saturated rings. The zero-order valence-corrected chi connectivity index (χ0v) is 12.5. The highest BCUT2D eigenvalue weighted by molar-refractivity contribution is 5.93. The van der Waals surface area contributed by atoms with E-state index in [0.717, 1.165) is 0 Å². The van der Waals surface area contributed by atoms with E-state index < -0.39 is 5.97 Å². The SMILES string of the molecule is O=C(OCCOc1ccc(F)cc1)c1ccccc1-n1cnnn1. The van der Waals surface area contributed by atoms with Crippen LogP contribution in [-0.4, -0.2) is 39.4 Å². The molecule has 0 spiro atoms. The Hall–Kier alpha value is -3.29. The van der Waals surface area contributed by atoms with E-state index in [2.05, 4.69) is 15.5 Å². The van der Waals surface area contributed by atoms with Crippen LogP contribution in [0.1, 0.15) is 10.4 Å². The second kappa shape index (κ2) is 7.32. The highest BCUT2D eigenvalue weighted by Crippen LogP contribution is 2.14. The Kier molecular flexibility index (Phi) is 4.76. The van der Waals surface area contributed by atoms with Crippen molar-refractivity contribution in [1.82, 2.24) is 20.2 Å². The van der Waals surface area contributed by atoms with Crippen molar-refractivity contribution < 1.29 is 18.7 Å². The number of carbonyl (C=O) groups excluding carboxylic acids is 1. The minimum atomic E-state index is -0.510. The molecule has 0 aliphatic heterocycles. The largest absolute Gasteiger partial charge is 0.490 e. The van der Waals surface area contributed by atoms with Gasteiger partial charge in [-0.25, -0.2) is 9.18 Å². The van der Waals surface area contributed by atoms with Crippen LogP contribution in [0.3, 0.4) is 0 Å². The molecule has 1 aromatic heterocycles. The fourth-order valence-electron chi connectivity index (χ4n) is 2.02. The van der Waals surface area contributed by atoms with E-state index in [0.29, 0.717) is 17.0 Å². The quantitative estimate of drug-likeness (QED) is 0.509. The zero-order valence-electron chi connectivity index (χ0n) is 12.5. The van der Waals surface area contributed by atoms with Crippen molar-refractivity contribution in [1.29, 1.82) is 0 Å². The number of rotatable bonds is 6. The number of tetrazole rings is 1. The molecule has 0 aliphatic rings. The van der Waals surface area contributed by atoms with E-state index in [-0.39, 0.29) is 19.0 Å². The summed E-state index contributed by atoms with van der Waals surface area (Å²) in [6.07, 6.45) is 1.39.